The second kappa shape index (κ2) is 6.10. The normalized spacial score (nSPS) is 23.2. The van der Waals surface area contributed by atoms with E-state index in [0.717, 1.165) is 30.5 Å². The van der Waals surface area contributed by atoms with Crippen LogP contribution in [0.25, 0.3) is 0 Å². The maximum Gasteiger partial charge on any atom is 0.123 e. The molecular formula is C15H23NO2. The van der Waals surface area contributed by atoms with Crippen molar-refractivity contribution in [1.29, 1.82) is 0 Å². The molecule has 3 nitrogen and oxygen atoms in total. The quantitative estimate of drug-likeness (QED) is 0.843. The predicted molar refractivity (Wildman–Crippen MR) is 72.9 cm³/mol. The van der Waals surface area contributed by atoms with E-state index in [0.29, 0.717) is 11.5 Å². The molecule has 18 heavy (non-hydrogen) atoms. The van der Waals surface area contributed by atoms with Crippen molar-refractivity contribution in [3.63, 3.8) is 0 Å². The molecule has 2 rings (SSSR count). The van der Waals surface area contributed by atoms with Crippen LogP contribution in [-0.4, -0.2) is 18.8 Å². The van der Waals surface area contributed by atoms with Gasteiger partial charge in [0.1, 0.15) is 11.5 Å². The molecule has 0 heterocycles. The molecule has 1 saturated carbocycles. The molecule has 100 valence electrons. The highest BCUT2D eigenvalue weighted by molar-refractivity contribution is 5.39. The minimum absolute atomic E-state index is 0.307. The van der Waals surface area contributed by atoms with Crippen LogP contribution >= 0.6 is 0 Å². The van der Waals surface area contributed by atoms with Crippen LogP contribution in [0.2, 0.25) is 0 Å². The van der Waals surface area contributed by atoms with Crippen LogP contribution in [0.1, 0.15) is 31.7 Å². The van der Waals surface area contributed by atoms with Gasteiger partial charge in [0.25, 0.3) is 0 Å². The molecule has 1 aliphatic carbocycles. The number of hydrogen-bond acceptors (Lipinski definition) is 3. The van der Waals surface area contributed by atoms with Crippen molar-refractivity contribution in [2.24, 2.45) is 11.8 Å². The van der Waals surface area contributed by atoms with Crippen LogP contribution in [0.3, 0.4) is 0 Å². The van der Waals surface area contributed by atoms with Crippen LogP contribution in [0.4, 0.5) is 0 Å². The fraction of sp³-hybridized carbons (Fsp3) is 0.600. The topological polar surface area (TPSA) is 41.5 Å². The molecule has 0 spiro atoms. The maximum absolute atomic E-state index is 9.84. The van der Waals surface area contributed by atoms with E-state index in [9.17, 15) is 5.11 Å². The fourth-order valence-corrected chi connectivity index (χ4v) is 2.74. The Kier molecular flexibility index (Phi) is 4.48. The summed E-state index contributed by atoms with van der Waals surface area (Å²) in [6, 6.07) is 5.46. The lowest BCUT2D eigenvalue weighted by Gasteiger charge is -2.12. The van der Waals surface area contributed by atoms with Crippen LogP contribution < -0.4 is 10.1 Å². The first kappa shape index (κ1) is 13.2. The van der Waals surface area contributed by atoms with Gasteiger partial charge in [0.2, 0.25) is 0 Å². The summed E-state index contributed by atoms with van der Waals surface area (Å²) in [5.74, 6) is 2.69. The summed E-state index contributed by atoms with van der Waals surface area (Å²) < 4.78 is 5.07. The predicted octanol–water partition coefficient (Wildman–Crippen LogP) is 2.93. The van der Waals surface area contributed by atoms with Gasteiger partial charge in [-0.25, -0.2) is 0 Å². The number of rotatable bonds is 5. The lowest BCUT2D eigenvalue weighted by Crippen LogP contribution is -2.21. The highest BCUT2D eigenvalue weighted by Gasteiger charge is 2.20. The Hall–Kier alpha value is -1.22. The third-order valence-electron chi connectivity index (χ3n) is 3.84. The van der Waals surface area contributed by atoms with Gasteiger partial charge in [0.15, 0.2) is 0 Å². The zero-order valence-corrected chi connectivity index (χ0v) is 11.3. The van der Waals surface area contributed by atoms with E-state index in [-0.39, 0.29) is 0 Å². The van der Waals surface area contributed by atoms with E-state index in [2.05, 4.69) is 12.2 Å². The van der Waals surface area contributed by atoms with Gasteiger partial charge in [-0.15, -0.1) is 0 Å². The SMILES string of the molecule is COc1ccc(CNCC2CCC(C)C2)c(O)c1. The van der Waals surface area contributed by atoms with Crippen molar-refractivity contribution in [1.82, 2.24) is 5.32 Å². The van der Waals surface area contributed by atoms with Gasteiger partial charge in [-0.2, -0.15) is 0 Å². The largest absolute Gasteiger partial charge is 0.507 e. The first-order valence-electron chi connectivity index (χ1n) is 6.75. The molecule has 0 radical (unpaired) electrons. The molecule has 1 aliphatic rings. The molecule has 1 fully saturated rings. The van der Waals surface area contributed by atoms with Crippen LogP contribution in [0, 0.1) is 11.8 Å². The van der Waals surface area contributed by atoms with E-state index < -0.39 is 0 Å². The van der Waals surface area contributed by atoms with Gasteiger partial charge in [-0.05, 0) is 37.3 Å². The first-order chi connectivity index (χ1) is 8.69. The van der Waals surface area contributed by atoms with E-state index in [4.69, 9.17) is 4.74 Å². The second-order valence-electron chi connectivity index (χ2n) is 5.41. The number of benzene rings is 1. The standard InChI is InChI=1S/C15H23NO2/c1-11-3-4-12(7-11)9-16-10-13-5-6-14(18-2)8-15(13)17/h5-6,8,11-12,16-17H,3-4,7,9-10H2,1-2H3. The van der Waals surface area contributed by atoms with E-state index in [1.165, 1.54) is 19.3 Å². The molecular weight excluding hydrogens is 226 g/mol. The second-order valence-corrected chi connectivity index (χ2v) is 5.41. The lowest BCUT2D eigenvalue weighted by molar-refractivity contribution is 0.405. The van der Waals surface area contributed by atoms with Crippen LogP contribution in [-0.2, 0) is 6.54 Å². The Bertz CT molecular complexity index is 392. The smallest absolute Gasteiger partial charge is 0.123 e. The molecule has 0 aromatic heterocycles. The first-order valence-corrected chi connectivity index (χ1v) is 6.75. The Labute approximate surface area is 109 Å². The van der Waals surface area contributed by atoms with Crippen molar-refractivity contribution < 1.29 is 9.84 Å². The summed E-state index contributed by atoms with van der Waals surface area (Å²) >= 11 is 0. The number of aromatic hydroxyl groups is 1. The summed E-state index contributed by atoms with van der Waals surface area (Å²) in [5.41, 5.74) is 0.932. The average Bonchev–Trinajstić information content (AvgIpc) is 2.77. The Morgan fingerprint density at radius 2 is 2.22 bits per heavy atom. The number of ether oxygens (including phenoxy) is 1. The summed E-state index contributed by atoms with van der Waals surface area (Å²) in [7, 11) is 1.61. The molecule has 0 saturated heterocycles. The minimum atomic E-state index is 0.307. The van der Waals surface area contributed by atoms with Crippen molar-refractivity contribution in [2.75, 3.05) is 13.7 Å². The molecule has 2 N–H and O–H groups in total. The van der Waals surface area contributed by atoms with Crippen molar-refractivity contribution in [3.05, 3.63) is 23.8 Å². The molecule has 0 bridgehead atoms. The highest BCUT2D eigenvalue weighted by atomic mass is 16.5. The van der Waals surface area contributed by atoms with Crippen molar-refractivity contribution >= 4 is 0 Å². The molecule has 3 heteroatoms. The van der Waals surface area contributed by atoms with Gasteiger partial charge in [0, 0.05) is 18.2 Å². The monoisotopic (exact) mass is 249 g/mol. The number of phenols is 1. The third kappa shape index (κ3) is 3.39. The van der Waals surface area contributed by atoms with E-state index >= 15 is 0 Å². The highest BCUT2D eigenvalue weighted by Crippen LogP contribution is 2.30. The summed E-state index contributed by atoms with van der Waals surface area (Å²) in [6.07, 6.45) is 4.03. The third-order valence-corrected chi connectivity index (χ3v) is 3.84. The van der Waals surface area contributed by atoms with Crippen molar-refractivity contribution in [3.8, 4) is 11.5 Å². The molecule has 2 unspecified atom stereocenters. The Morgan fingerprint density at radius 1 is 1.39 bits per heavy atom. The molecule has 1 aromatic rings. The van der Waals surface area contributed by atoms with Gasteiger partial charge in [0.05, 0.1) is 7.11 Å². The van der Waals surface area contributed by atoms with Gasteiger partial charge < -0.3 is 15.2 Å². The van der Waals surface area contributed by atoms with Gasteiger partial charge >= 0.3 is 0 Å². The molecule has 2 atom stereocenters. The van der Waals surface area contributed by atoms with E-state index in [1.807, 2.05) is 12.1 Å². The number of nitrogens with one attached hydrogen (secondary N) is 1. The maximum atomic E-state index is 9.84. The number of phenolic OH excluding ortho intramolecular Hbond substituents is 1. The minimum Gasteiger partial charge on any atom is -0.507 e. The fourth-order valence-electron chi connectivity index (χ4n) is 2.74. The summed E-state index contributed by atoms with van der Waals surface area (Å²) in [5, 5.41) is 13.3. The van der Waals surface area contributed by atoms with Crippen LogP contribution in [0.5, 0.6) is 11.5 Å². The summed E-state index contributed by atoms with van der Waals surface area (Å²) in [4.78, 5) is 0. The zero-order chi connectivity index (χ0) is 13.0. The van der Waals surface area contributed by atoms with Gasteiger partial charge in [-0.3, -0.25) is 0 Å². The summed E-state index contributed by atoms with van der Waals surface area (Å²) in [6.45, 7) is 4.10. The number of hydrogen-bond donors (Lipinski definition) is 2. The average molecular weight is 249 g/mol. The van der Waals surface area contributed by atoms with Crippen LogP contribution in [0.15, 0.2) is 18.2 Å². The van der Waals surface area contributed by atoms with Crippen molar-refractivity contribution in [2.45, 2.75) is 32.7 Å². The molecule has 0 aliphatic heterocycles. The number of methoxy groups -OCH3 is 1. The lowest BCUT2D eigenvalue weighted by atomic mass is 10.1. The zero-order valence-electron chi connectivity index (χ0n) is 11.3. The molecule has 0 amide bonds. The van der Waals surface area contributed by atoms with Gasteiger partial charge in [-0.1, -0.05) is 19.4 Å². The Morgan fingerprint density at radius 3 is 2.83 bits per heavy atom. The Balaban J connectivity index is 1.79. The molecule has 1 aromatic carbocycles. The van der Waals surface area contributed by atoms with E-state index in [1.54, 1.807) is 13.2 Å².